The molecule has 0 atom stereocenters. The van der Waals surface area contributed by atoms with Crippen molar-refractivity contribution in [2.75, 3.05) is 11.4 Å². The van der Waals surface area contributed by atoms with Crippen molar-refractivity contribution in [3.63, 3.8) is 0 Å². The summed E-state index contributed by atoms with van der Waals surface area (Å²) in [4.78, 5) is 2.42. The molecule has 0 radical (unpaired) electrons. The van der Waals surface area contributed by atoms with Crippen LogP contribution in [0.2, 0.25) is 0 Å². The highest BCUT2D eigenvalue weighted by molar-refractivity contribution is 5.65. The van der Waals surface area contributed by atoms with Crippen molar-refractivity contribution in [1.82, 2.24) is 0 Å². The van der Waals surface area contributed by atoms with Crippen LogP contribution >= 0.6 is 0 Å². The maximum atomic E-state index is 6.31. The molecule has 2 aromatic carbocycles. The Balaban J connectivity index is 2.04. The molecule has 0 amide bonds. The number of ether oxygens (including phenoxy) is 1. The maximum absolute atomic E-state index is 6.31. The summed E-state index contributed by atoms with van der Waals surface area (Å²) in [6.45, 7) is 11.9. The summed E-state index contributed by atoms with van der Waals surface area (Å²) in [5.41, 5.74) is 4.65. The van der Waals surface area contributed by atoms with Gasteiger partial charge in [0.05, 0.1) is 11.2 Å². The second-order valence-corrected chi connectivity index (χ2v) is 7.69. The van der Waals surface area contributed by atoms with Crippen LogP contribution in [0.1, 0.15) is 58.6 Å². The zero-order valence-electron chi connectivity index (χ0n) is 15.6. The number of benzene rings is 2. The SMILES string of the molecule is CCCCN(c1ccccc1)c1ccc2c(c1)C(C)(C)OC2(C)C. The Kier molecular flexibility index (Phi) is 4.44. The van der Waals surface area contributed by atoms with Gasteiger partial charge in [0.25, 0.3) is 0 Å². The molecule has 2 heteroatoms. The van der Waals surface area contributed by atoms with Crippen molar-refractivity contribution in [3.05, 3.63) is 59.7 Å². The first-order valence-corrected chi connectivity index (χ1v) is 9.03. The summed E-state index contributed by atoms with van der Waals surface area (Å²) in [5.74, 6) is 0. The Morgan fingerprint density at radius 3 is 2.17 bits per heavy atom. The smallest absolute Gasteiger partial charge is 0.0891 e. The molecular weight excluding hydrogens is 294 g/mol. The zero-order valence-corrected chi connectivity index (χ0v) is 15.6. The molecule has 0 fully saturated rings. The Bertz CT molecular complexity index is 703. The largest absolute Gasteiger partial charge is 0.360 e. The van der Waals surface area contributed by atoms with Crippen LogP contribution in [0.15, 0.2) is 48.5 Å². The lowest BCUT2D eigenvalue weighted by Gasteiger charge is -2.27. The van der Waals surface area contributed by atoms with E-state index in [0.29, 0.717) is 0 Å². The summed E-state index contributed by atoms with van der Waals surface area (Å²) in [7, 11) is 0. The normalized spacial score (nSPS) is 17.5. The molecule has 0 spiro atoms. The number of hydrogen-bond donors (Lipinski definition) is 0. The summed E-state index contributed by atoms with van der Waals surface area (Å²) in [5, 5.41) is 0. The van der Waals surface area contributed by atoms with Crippen LogP contribution in [0, 0.1) is 0 Å². The van der Waals surface area contributed by atoms with Gasteiger partial charge in [-0.05, 0) is 69.5 Å². The number of fused-ring (bicyclic) bond motifs is 1. The predicted octanol–water partition coefficient (Wildman–Crippen LogP) is 6.13. The third kappa shape index (κ3) is 3.08. The highest BCUT2D eigenvalue weighted by Gasteiger charge is 2.43. The van der Waals surface area contributed by atoms with Gasteiger partial charge in [-0.25, -0.2) is 0 Å². The number of rotatable bonds is 5. The maximum Gasteiger partial charge on any atom is 0.0891 e. The van der Waals surface area contributed by atoms with Crippen molar-refractivity contribution >= 4 is 11.4 Å². The van der Waals surface area contributed by atoms with E-state index < -0.39 is 0 Å². The fourth-order valence-corrected chi connectivity index (χ4v) is 3.80. The molecule has 1 aliphatic rings. The first-order valence-electron chi connectivity index (χ1n) is 9.03. The first kappa shape index (κ1) is 17.0. The second-order valence-electron chi connectivity index (χ2n) is 7.69. The number of para-hydroxylation sites is 1. The van der Waals surface area contributed by atoms with E-state index in [-0.39, 0.29) is 11.2 Å². The van der Waals surface area contributed by atoms with Crippen molar-refractivity contribution in [3.8, 4) is 0 Å². The molecule has 1 heterocycles. The van der Waals surface area contributed by atoms with E-state index in [2.05, 4.69) is 88.0 Å². The Labute approximate surface area is 146 Å². The van der Waals surface area contributed by atoms with E-state index in [4.69, 9.17) is 4.74 Å². The minimum absolute atomic E-state index is 0.224. The number of unbranched alkanes of at least 4 members (excludes halogenated alkanes) is 1. The standard InChI is InChI=1S/C22H29NO/c1-6-7-15-23(17-11-9-8-10-12-17)18-13-14-19-20(16-18)22(4,5)24-21(19,2)3/h8-14,16H,6-7,15H2,1-5H3. The monoisotopic (exact) mass is 323 g/mol. The molecule has 24 heavy (non-hydrogen) atoms. The highest BCUT2D eigenvalue weighted by atomic mass is 16.5. The van der Waals surface area contributed by atoms with E-state index in [1.165, 1.54) is 35.3 Å². The van der Waals surface area contributed by atoms with Crippen molar-refractivity contribution in [1.29, 1.82) is 0 Å². The quantitative estimate of drug-likeness (QED) is 0.656. The van der Waals surface area contributed by atoms with Gasteiger partial charge in [0.1, 0.15) is 0 Å². The third-order valence-corrected chi connectivity index (χ3v) is 4.93. The molecule has 0 aromatic heterocycles. The molecule has 0 bridgehead atoms. The van der Waals surface area contributed by atoms with Crippen LogP contribution in [-0.4, -0.2) is 6.54 Å². The number of anilines is 2. The van der Waals surface area contributed by atoms with E-state index in [9.17, 15) is 0 Å². The van der Waals surface area contributed by atoms with Gasteiger partial charge < -0.3 is 9.64 Å². The second kappa shape index (κ2) is 6.25. The molecule has 2 aromatic rings. The summed E-state index contributed by atoms with van der Waals surface area (Å²) < 4.78 is 6.31. The molecule has 0 N–H and O–H groups in total. The lowest BCUT2D eigenvalue weighted by molar-refractivity contribution is -0.105. The zero-order chi connectivity index (χ0) is 17.4. The molecule has 128 valence electrons. The van der Waals surface area contributed by atoms with E-state index in [1.807, 2.05) is 0 Å². The lowest BCUT2D eigenvalue weighted by Crippen LogP contribution is -2.22. The third-order valence-electron chi connectivity index (χ3n) is 4.93. The van der Waals surface area contributed by atoms with E-state index >= 15 is 0 Å². The fraction of sp³-hybridized carbons (Fsp3) is 0.455. The molecule has 0 aliphatic carbocycles. The summed E-state index contributed by atoms with van der Waals surface area (Å²) in [6, 6.07) is 17.5. The van der Waals surface area contributed by atoms with Crippen molar-refractivity contribution in [2.24, 2.45) is 0 Å². The molecule has 0 unspecified atom stereocenters. The highest BCUT2D eigenvalue weighted by Crippen LogP contribution is 2.48. The van der Waals surface area contributed by atoms with E-state index in [0.717, 1.165) is 6.54 Å². The minimum Gasteiger partial charge on any atom is -0.360 e. The molecular formula is C22H29NO. The molecule has 1 aliphatic heterocycles. The Morgan fingerprint density at radius 1 is 0.833 bits per heavy atom. The number of nitrogens with zero attached hydrogens (tertiary/aromatic N) is 1. The van der Waals surface area contributed by atoms with Crippen molar-refractivity contribution in [2.45, 2.75) is 58.7 Å². The van der Waals surface area contributed by atoms with Crippen LogP contribution in [0.3, 0.4) is 0 Å². The lowest BCUT2D eigenvalue weighted by atomic mass is 9.90. The summed E-state index contributed by atoms with van der Waals surface area (Å²) >= 11 is 0. The van der Waals surface area contributed by atoms with Crippen LogP contribution in [0.4, 0.5) is 11.4 Å². The average Bonchev–Trinajstić information content (AvgIpc) is 2.73. The van der Waals surface area contributed by atoms with Gasteiger partial charge in [0.15, 0.2) is 0 Å². The van der Waals surface area contributed by atoms with Gasteiger partial charge in [-0.1, -0.05) is 37.6 Å². The van der Waals surface area contributed by atoms with Crippen LogP contribution in [-0.2, 0) is 15.9 Å². The van der Waals surface area contributed by atoms with Crippen LogP contribution in [0.5, 0.6) is 0 Å². The van der Waals surface area contributed by atoms with Gasteiger partial charge in [-0.2, -0.15) is 0 Å². The predicted molar refractivity (Wildman–Crippen MR) is 102 cm³/mol. The van der Waals surface area contributed by atoms with Crippen molar-refractivity contribution < 1.29 is 4.74 Å². The Hall–Kier alpha value is -1.80. The van der Waals surface area contributed by atoms with Gasteiger partial charge in [-0.3, -0.25) is 0 Å². The number of hydrogen-bond acceptors (Lipinski definition) is 2. The minimum atomic E-state index is -0.248. The van der Waals surface area contributed by atoms with Gasteiger partial charge in [0, 0.05) is 17.9 Å². The average molecular weight is 323 g/mol. The molecule has 3 rings (SSSR count). The first-order chi connectivity index (χ1) is 11.3. The molecule has 0 saturated heterocycles. The van der Waals surface area contributed by atoms with Crippen LogP contribution in [0.25, 0.3) is 0 Å². The summed E-state index contributed by atoms with van der Waals surface area (Å²) in [6.07, 6.45) is 2.37. The molecule has 2 nitrogen and oxygen atoms in total. The van der Waals surface area contributed by atoms with E-state index in [1.54, 1.807) is 0 Å². The van der Waals surface area contributed by atoms with Crippen LogP contribution < -0.4 is 4.90 Å². The molecule has 0 saturated carbocycles. The fourth-order valence-electron chi connectivity index (χ4n) is 3.80. The van der Waals surface area contributed by atoms with Gasteiger partial charge in [-0.15, -0.1) is 0 Å². The topological polar surface area (TPSA) is 12.5 Å². The van der Waals surface area contributed by atoms with Gasteiger partial charge >= 0.3 is 0 Å². The van der Waals surface area contributed by atoms with Gasteiger partial charge in [0.2, 0.25) is 0 Å². The Morgan fingerprint density at radius 2 is 1.50 bits per heavy atom.